The molecule has 6 nitrogen and oxygen atoms in total. The van der Waals surface area contributed by atoms with Gasteiger partial charge in [0.05, 0.1) is 23.4 Å². The van der Waals surface area contributed by atoms with Gasteiger partial charge in [0.25, 0.3) is 5.91 Å². The van der Waals surface area contributed by atoms with E-state index in [0.29, 0.717) is 55.7 Å². The minimum absolute atomic E-state index is 0.0461. The maximum absolute atomic E-state index is 14.8. The van der Waals surface area contributed by atoms with E-state index >= 15 is 0 Å². The number of nitrogens with two attached hydrogens (primary N) is 1. The predicted molar refractivity (Wildman–Crippen MR) is 140 cm³/mol. The van der Waals surface area contributed by atoms with Crippen LogP contribution in [0, 0.1) is 5.82 Å². The Labute approximate surface area is 220 Å². The summed E-state index contributed by atoms with van der Waals surface area (Å²) in [5.41, 5.74) is 7.25. The molecule has 0 spiro atoms. The number of amides is 1. The molecule has 1 aliphatic heterocycles. The number of hydrogen-bond acceptors (Lipinski definition) is 5. The number of benzene rings is 2. The molecule has 1 fully saturated rings. The van der Waals surface area contributed by atoms with Crippen LogP contribution in [-0.4, -0.2) is 62.8 Å². The largest absolute Gasteiger partial charge is 0.390 e. The second-order valence-electron chi connectivity index (χ2n) is 9.15. The van der Waals surface area contributed by atoms with Gasteiger partial charge in [-0.3, -0.25) is 9.69 Å². The van der Waals surface area contributed by atoms with Crippen molar-refractivity contribution in [1.82, 2.24) is 10.2 Å². The molecule has 1 heterocycles. The van der Waals surface area contributed by atoms with E-state index in [9.17, 15) is 22.4 Å². The molecule has 0 aromatic heterocycles. The summed E-state index contributed by atoms with van der Waals surface area (Å²) in [4.78, 5) is 16.6. The van der Waals surface area contributed by atoms with Crippen molar-refractivity contribution in [3.8, 4) is 0 Å². The first-order valence-electron chi connectivity index (χ1n) is 12.5. The molecule has 0 saturated carbocycles. The molecule has 0 bridgehead atoms. The normalized spacial score (nSPS) is 14.7. The van der Waals surface area contributed by atoms with E-state index in [2.05, 4.69) is 10.6 Å². The molecule has 0 aliphatic carbocycles. The lowest BCUT2D eigenvalue weighted by Crippen LogP contribution is -2.47. The smallest absolute Gasteiger partial charge is 0.367 e. The maximum atomic E-state index is 14.8. The van der Waals surface area contributed by atoms with Crippen molar-refractivity contribution in [2.24, 2.45) is 5.73 Å². The van der Waals surface area contributed by atoms with E-state index in [0.717, 1.165) is 31.4 Å². The van der Waals surface area contributed by atoms with Gasteiger partial charge in [0.15, 0.2) is 0 Å². The molecule has 0 radical (unpaired) electrons. The molecular formula is C26H34ClF4N5O. The number of carbonyl (C=O) groups is 1. The lowest BCUT2D eigenvalue weighted by Gasteiger charge is -2.37. The number of piperazine rings is 1. The first-order valence-corrected chi connectivity index (χ1v) is 12.9. The van der Waals surface area contributed by atoms with E-state index in [-0.39, 0.29) is 12.1 Å². The Kier molecular flexibility index (Phi) is 11.0. The minimum atomic E-state index is -4.18. The lowest BCUT2D eigenvalue weighted by atomic mass is 10.1. The molecule has 11 heteroatoms. The van der Waals surface area contributed by atoms with E-state index in [1.54, 1.807) is 29.2 Å². The van der Waals surface area contributed by atoms with Crippen molar-refractivity contribution in [3.05, 3.63) is 58.4 Å². The van der Waals surface area contributed by atoms with Gasteiger partial charge in [0.2, 0.25) is 0 Å². The van der Waals surface area contributed by atoms with E-state index < -0.39 is 24.3 Å². The van der Waals surface area contributed by atoms with Crippen LogP contribution >= 0.6 is 11.6 Å². The second-order valence-corrected chi connectivity index (χ2v) is 9.59. The van der Waals surface area contributed by atoms with Gasteiger partial charge in [-0.1, -0.05) is 24.1 Å². The van der Waals surface area contributed by atoms with Crippen LogP contribution in [0.1, 0.15) is 41.6 Å². The molecule has 0 unspecified atom stereocenters. The van der Waals surface area contributed by atoms with Gasteiger partial charge >= 0.3 is 6.18 Å². The van der Waals surface area contributed by atoms with Crippen molar-refractivity contribution in [2.45, 2.75) is 38.4 Å². The number of halogens is 5. The number of alkyl halides is 3. The fraction of sp³-hybridized carbons (Fsp3) is 0.500. The van der Waals surface area contributed by atoms with Crippen molar-refractivity contribution in [2.75, 3.05) is 56.0 Å². The fourth-order valence-corrected chi connectivity index (χ4v) is 4.38. The van der Waals surface area contributed by atoms with Gasteiger partial charge in [-0.15, -0.1) is 0 Å². The number of unbranched alkanes of at least 4 members (excludes halogenated alkanes) is 2. The highest BCUT2D eigenvalue weighted by molar-refractivity contribution is 6.31. The van der Waals surface area contributed by atoms with Gasteiger partial charge in [-0.05, 0) is 61.8 Å². The molecule has 4 N–H and O–H groups in total. The number of hydrogen-bond donors (Lipinski definition) is 3. The first-order chi connectivity index (χ1) is 17.7. The molecule has 204 valence electrons. The Morgan fingerprint density at radius 3 is 2.46 bits per heavy atom. The average Bonchev–Trinajstić information content (AvgIpc) is 2.86. The SMILES string of the molecule is NCCCCCNCc1ccc(C(=O)Nc2ccc(Cl)cc2N2CCN(CCC(F)(F)F)CC2)c(F)c1. The van der Waals surface area contributed by atoms with Gasteiger partial charge in [0.1, 0.15) is 5.82 Å². The molecule has 1 amide bonds. The van der Waals surface area contributed by atoms with E-state index in [1.807, 2.05) is 4.90 Å². The fourth-order valence-electron chi connectivity index (χ4n) is 4.22. The summed E-state index contributed by atoms with van der Waals surface area (Å²) in [5.74, 6) is -1.21. The first kappa shape index (κ1) is 29.2. The predicted octanol–water partition coefficient (Wildman–Crippen LogP) is 5.02. The number of rotatable bonds is 12. The molecule has 2 aromatic carbocycles. The molecule has 1 aliphatic rings. The van der Waals surface area contributed by atoms with Gasteiger partial charge < -0.3 is 21.3 Å². The van der Waals surface area contributed by atoms with Gasteiger partial charge in [0, 0.05) is 44.3 Å². The van der Waals surface area contributed by atoms with Crippen LogP contribution in [0.5, 0.6) is 0 Å². The minimum Gasteiger partial charge on any atom is -0.367 e. The Bertz CT molecular complexity index is 1030. The van der Waals surface area contributed by atoms with Crippen LogP contribution in [0.15, 0.2) is 36.4 Å². The Morgan fingerprint density at radius 1 is 1.03 bits per heavy atom. The highest BCUT2D eigenvalue weighted by Gasteiger charge is 2.29. The van der Waals surface area contributed by atoms with E-state index in [4.69, 9.17) is 17.3 Å². The van der Waals surface area contributed by atoms with Crippen LogP contribution in [-0.2, 0) is 6.54 Å². The summed E-state index contributed by atoms with van der Waals surface area (Å²) >= 11 is 6.19. The van der Waals surface area contributed by atoms with Crippen LogP contribution in [0.3, 0.4) is 0 Å². The average molecular weight is 544 g/mol. The van der Waals surface area contributed by atoms with Crippen LogP contribution in [0.2, 0.25) is 5.02 Å². The topological polar surface area (TPSA) is 73.6 Å². The lowest BCUT2D eigenvalue weighted by molar-refractivity contribution is -0.138. The number of nitrogens with one attached hydrogen (secondary N) is 2. The number of carbonyl (C=O) groups excluding carboxylic acids is 1. The highest BCUT2D eigenvalue weighted by Crippen LogP contribution is 2.31. The third kappa shape index (κ3) is 9.45. The van der Waals surface area contributed by atoms with E-state index in [1.165, 1.54) is 12.1 Å². The summed E-state index contributed by atoms with van der Waals surface area (Å²) in [6.07, 6.45) is -2.02. The van der Waals surface area contributed by atoms with Crippen molar-refractivity contribution < 1.29 is 22.4 Å². The maximum Gasteiger partial charge on any atom is 0.390 e. The summed E-state index contributed by atoms with van der Waals surface area (Å²) < 4.78 is 52.4. The third-order valence-corrected chi connectivity index (χ3v) is 6.53. The number of nitrogens with zero attached hydrogens (tertiary/aromatic N) is 2. The summed E-state index contributed by atoms with van der Waals surface area (Å²) in [7, 11) is 0. The van der Waals surface area contributed by atoms with Gasteiger partial charge in [-0.2, -0.15) is 13.2 Å². The van der Waals surface area contributed by atoms with Crippen LogP contribution in [0.25, 0.3) is 0 Å². The quantitative estimate of drug-likeness (QED) is 0.259. The van der Waals surface area contributed by atoms with Crippen LogP contribution in [0.4, 0.5) is 28.9 Å². The molecule has 3 rings (SSSR count). The highest BCUT2D eigenvalue weighted by atomic mass is 35.5. The summed E-state index contributed by atoms with van der Waals surface area (Å²) in [6.45, 7) is 3.79. The number of anilines is 2. The summed E-state index contributed by atoms with van der Waals surface area (Å²) in [5, 5.41) is 6.49. The molecule has 2 aromatic rings. The Balaban J connectivity index is 1.59. The molecule has 37 heavy (non-hydrogen) atoms. The second kappa shape index (κ2) is 13.9. The third-order valence-electron chi connectivity index (χ3n) is 6.30. The zero-order valence-corrected chi connectivity index (χ0v) is 21.5. The van der Waals surface area contributed by atoms with Crippen molar-refractivity contribution in [1.29, 1.82) is 0 Å². The van der Waals surface area contributed by atoms with Crippen molar-refractivity contribution in [3.63, 3.8) is 0 Å². The van der Waals surface area contributed by atoms with Crippen LogP contribution < -0.4 is 21.3 Å². The Morgan fingerprint density at radius 2 is 1.78 bits per heavy atom. The molecule has 1 saturated heterocycles. The molecular weight excluding hydrogens is 510 g/mol. The summed E-state index contributed by atoms with van der Waals surface area (Å²) in [6, 6.07) is 9.50. The van der Waals surface area contributed by atoms with Gasteiger partial charge in [-0.25, -0.2) is 4.39 Å². The zero-order valence-electron chi connectivity index (χ0n) is 20.7. The standard InChI is InChI=1S/C26H34ClF4N5O/c27-20-5-7-23(24(17-20)36-14-12-35(13-15-36)11-8-26(29,30)31)34-25(37)21-6-4-19(16-22(21)28)18-33-10-3-1-2-9-32/h4-7,16-17,33H,1-3,8-15,18,32H2,(H,34,37). The Hall–Kier alpha value is -2.40. The monoisotopic (exact) mass is 543 g/mol. The van der Waals surface area contributed by atoms with Crippen molar-refractivity contribution >= 4 is 28.9 Å². The molecule has 0 atom stereocenters. The zero-order chi connectivity index (χ0) is 26.8.